The van der Waals surface area contributed by atoms with Crippen molar-refractivity contribution in [3.8, 4) is 0 Å². The van der Waals surface area contributed by atoms with E-state index in [0.29, 0.717) is 24.6 Å². The molecule has 1 atom stereocenters. The van der Waals surface area contributed by atoms with Crippen LogP contribution in [0.2, 0.25) is 0 Å². The Morgan fingerprint density at radius 1 is 1.53 bits per heavy atom. The van der Waals surface area contributed by atoms with E-state index in [-0.39, 0.29) is 18.6 Å². The molecule has 1 amide bonds. The Kier molecular flexibility index (Phi) is 5.09. The number of hydrogen-bond acceptors (Lipinski definition) is 4. The average molecular weight is 240 g/mol. The molecule has 2 N–H and O–H groups in total. The van der Waals surface area contributed by atoms with Gasteiger partial charge in [0.05, 0.1) is 5.69 Å². The molecule has 0 aliphatic rings. The summed E-state index contributed by atoms with van der Waals surface area (Å²) in [5, 5.41) is 19.4. The summed E-state index contributed by atoms with van der Waals surface area (Å²) in [4.78, 5) is 11.8. The van der Waals surface area contributed by atoms with Gasteiger partial charge in [0, 0.05) is 25.8 Å². The number of aliphatic hydroxyl groups excluding tert-OH is 1. The lowest BCUT2D eigenvalue weighted by atomic mass is 10.2. The van der Waals surface area contributed by atoms with E-state index in [4.69, 9.17) is 5.11 Å². The van der Waals surface area contributed by atoms with Crippen LogP contribution in [0.4, 0.5) is 0 Å². The highest BCUT2D eigenvalue weighted by Gasteiger charge is 2.16. The van der Waals surface area contributed by atoms with Gasteiger partial charge in [0.2, 0.25) is 5.91 Å². The van der Waals surface area contributed by atoms with Gasteiger partial charge in [-0.25, -0.2) is 4.68 Å². The Labute approximate surface area is 101 Å². The van der Waals surface area contributed by atoms with Crippen molar-refractivity contribution in [3.05, 3.63) is 11.9 Å². The van der Waals surface area contributed by atoms with Crippen LogP contribution in [0.3, 0.4) is 0 Å². The number of amides is 1. The van der Waals surface area contributed by atoms with Crippen molar-refractivity contribution in [1.82, 2.24) is 20.3 Å². The topological polar surface area (TPSA) is 80.0 Å². The maximum Gasteiger partial charge on any atom is 0.244 e. The first-order valence-corrected chi connectivity index (χ1v) is 5.84. The first-order chi connectivity index (χ1) is 8.04. The van der Waals surface area contributed by atoms with E-state index in [2.05, 4.69) is 15.6 Å². The van der Waals surface area contributed by atoms with Gasteiger partial charge in [-0.2, -0.15) is 0 Å². The first-order valence-electron chi connectivity index (χ1n) is 5.84. The van der Waals surface area contributed by atoms with Gasteiger partial charge in [0.15, 0.2) is 0 Å². The highest BCUT2D eigenvalue weighted by atomic mass is 16.3. The summed E-state index contributed by atoms with van der Waals surface area (Å²) in [6.45, 7) is 6.54. The average Bonchev–Trinajstić information content (AvgIpc) is 2.74. The fourth-order valence-corrected chi connectivity index (χ4v) is 1.30. The van der Waals surface area contributed by atoms with Crippen molar-refractivity contribution in [2.45, 2.75) is 33.2 Å². The number of carbonyl (C=O) groups excluding carboxylic acids is 1. The predicted octanol–water partition coefficient (Wildman–Crippen LogP) is 0.146. The summed E-state index contributed by atoms with van der Waals surface area (Å²) < 4.78 is 1.51. The van der Waals surface area contributed by atoms with Gasteiger partial charge in [0.25, 0.3) is 0 Å². The molecule has 0 spiro atoms. The molecule has 0 radical (unpaired) electrons. The Morgan fingerprint density at radius 2 is 2.24 bits per heavy atom. The van der Waals surface area contributed by atoms with Gasteiger partial charge in [-0.1, -0.05) is 19.1 Å². The van der Waals surface area contributed by atoms with Crippen LogP contribution in [0, 0.1) is 5.92 Å². The third-order valence-corrected chi connectivity index (χ3v) is 2.39. The summed E-state index contributed by atoms with van der Waals surface area (Å²) >= 11 is 0. The van der Waals surface area contributed by atoms with Gasteiger partial charge < -0.3 is 10.4 Å². The zero-order chi connectivity index (χ0) is 12.8. The van der Waals surface area contributed by atoms with Crippen LogP contribution in [0.25, 0.3) is 0 Å². The van der Waals surface area contributed by atoms with Gasteiger partial charge in [-0.15, -0.1) is 5.10 Å². The molecule has 0 aromatic carbocycles. The van der Waals surface area contributed by atoms with Gasteiger partial charge in [-0.3, -0.25) is 4.79 Å². The van der Waals surface area contributed by atoms with Gasteiger partial charge >= 0.3 is 0 Å². The second kappa shape index (κ2) is 6.34. The molecule has 17 heavy (non-hydrogen) atoms. The van der Waals surface area contributed by atoms with Crippen LogP contribution >= 0.6 is 0 Å². The molecule has 1 aromatic rings. The van der Waals surface area contributed by atoms with E-state index in [1.165, 1.54) is 4.68 Å². The summed E-state index contributed by atoms with van der Waals surface area (Å²) in [5.41, 5.74) is 0.691. The quantitative estimate of drug-likeness (QED) is 0.741. The number of nitrogens with zero attached hydrogens (tertiary/aromatic N) is 3. The van der Waals surface area contributed by atoms with E-state index in [1.807, 2.05) is 13.8 Å². The fourth-order valence-electron chi connectivity index (χ4n) is 1.30. The number of nitrogens with one attached hydrogen (secondary N) is 1. The molecule has 0 aliphatic heterocycles. The predicted molar refractivity (Wildman–Crippen MR) is 63.4 cm³/mol. The molecule has 1 unspecified atom stereocenters. The van der Waals surface area contributed by atoms with Crippen molar-refractivity contribution in [3.63, 3.8) is 0 Å². The van der Waals surface area contributed by atoms with Crippen LogP contribution in [-0.4, -0.2) is 39.2 Å². The summed E-state index contributed by atoms with van der Waals surface area (Å²) in [5.74, 6) is 0.353. The monoisotopic (exact) mass is 240 g/mol. The summed E-state index contributed by atoms with van der Waals surface area (Å²) in [6, 6.07) is -0.381. The van der Waals surface area contributed by atoms with Crippen molar-refractivity contribution < 1.29 is 9.90 Å². The van der Waals surface area contributed by atoms with Crippen LogP contribution < -0.4 is 5.32 Å². The highest BCUT2D eigenvalue weighted by molar-refractivity contribution is 5.79. The molecular weight excluding hydrogens is 220 g/mol. The lowest BCUT2D eigenvalue weighted by Crippen LogP contribution is -2.33. The molecule has 1 heterocycles. The van der Waals surface area contributed by atoms with E-state index >= 15 is 0 Å². The molecule has 0 aliphatic carbocycles. The largest absolute Gasteiger partial charge is 0.396 e. The normalized spacial score (nSPS) is 12.8. The second-order valence-electron chi connectivity index (χ2n) is 4.48. The molecule has 0 saturated heterocycles. The fraction of sp³-hybridized carbons (Fsp3) is 0.727. The molecule has 1 rings (SSSR count). The van der Waals surface area contributed by atoms with Gasteiger partial charge in [0.1, 0.15) is 6.04 Å². The molecular formula is C11H20N4O2. The Hall–Kier alpha value is -1.43. The third-order valence-electron chi connectivity index (χ3n) is 2.39. The zero-order valence-corrected chi connectivity index (χ0v) is 10.6. The van der Waals surface area contributed by atoms with E-state index < -0.39 is 0 Å². The first kappa shape index (κ1) is 13.6. The second-order valence-corrected chi connectivity index (χ2v) is 4.48. The van der Waals surface area contributed by atoms with Gasteiger partial charge in [-0.05, 0) is 12.8 Å². The molecule has 0 fully saturated rings. The summed E-state index contributed by atoms with van der Waals surface area (Å²) in [7, 11) is 0. The maximum absolute atomic E-state index is 11.8. The number of aromatic nitrogens is 3. The molecule has 6 nitrogen and oxygen atoms in total. The minimum absolute atomic E-state index is 0.0343. The molecule has 0 saturated carbocycles. The van der Waals surface area contributed by atoms with Crippen LogP contribution in [0.5, 0.6) is 0 Å². The summed E-state index contributed by atoms with van der Waals surface area (Å²) in [6.07, 6.45) is 2.15. The minimum atomic E-state index is -0.381. The minimum Gasteiger partial charge on any atom is -0.396 e. The number of rotatable bonds is 6. The van der Waals surface area contributed by atoms with E-state index in [9.17, 15) is 4.79 Å². The Morgan fingerprint density at radius 3 is 2.82 bits per heavy atom. The van der Waals surface area contributed by atoms with Crippen LogP contribution in [0.15, 0.2) is 6.20 Å². The molecule has 96 valence electrons. The maximum atomic E-state index is 11.8. The number of carbonyl (C=O) groups is 1. The van der Waals surface area contributed by atoms with Crippen molar-refractivity contribution in [1.29, 1.82) is 0 Å². The lowest BCUT2D eigenvalue weighted by molar-refractivity contribution is -0.124. The SMILES string of the molecule is CC(C)CNC(=O)C(C)n1cc(CCO)nn1. The van der Waals surface area contributed by atoms with Crippen molar-refractivity contribution in [2.24, 2.45) is 5.92 Å². The Balaban J connectivity index is 2.55. The smallest absolute Gasteiger partial charge is 0.244 e. The molecule has 6 heteroatoms. The number of aliphatic hydroxyl groups is 1. The number of hydrogen-bond donors (Lipinski definition) is 2. The third kappa shape index (κ3) is 4.14. The molecule has 0 bridgehead atoms. The lowest BCUT2D eigenvalue weighted by Gasteiger charge is -2.13. The zero-order valence-electron chi connectivity index (χ0n) is 10.6. The van der Waals surface area contributed by atoms with Crippen LogP contribution in [0.1, 0.15) is 32.5 Å². The standard InChI is InChI=1S/C11H20N4O2/c1-8(2)6-12-11(17)9(3)15-7-10(4-5-16)13-14-15/h7-9,16H,4-6H2,1-3H3,(H,12,17). The molecule has 1 aromatic heterocycles. The highest BCUT2D eigenvalue weighted by Crippen LogP contribution is 2.05. The van der Waals surface area contributed by atoms with E-state index in [1.54, 1.807) is 13.1 Å². The van der Waals surface area contributed by atoms with Crippen LogP contribution in [-0.2, 0) is 11.2 Å². The van der Waals surface area contributed by atoms with Crippen molar-refractivity contribution >= 4 is 5.91 Å². The van der Waals surface area contributed by atoms with Crippen molar-refractivity contribution in [2.75, 3.05) is 13.2 Å². The van der Waals surface area contributed by atoms with E-state index in [0.717, 1.165) is 0 Å². The Bertz CT molecular complexity index is 362.